The first-order valence-electron chi connectivity index (χ1n) is 6.94. The van der Waals surface area contributed by atoms with Crippen molar-refractivity contribution in [1.29, 1.82) is 0 Å². The van der Waals surface area contributed by atoms with Crippen LogP contribution in [0.25, 0.3) is 0 Å². The molecule has 0 aromatic heterocycles. The third-order valence-electron chi connectivity index (χ3n) is 4.11. The summed E-state index contributed by atoms with van der Waals surface area (Å²) in [5.74, 6) is 3.32. The summed E-state index contributed by atoms with van der Waals surface area (Å²) in [5.41, 5.74) is 0. The average molecular weight is 259 g/mol. The second kappa shape index (κ2) is 7.65. The quantitative estimate of drug-likeness (QED) is 0.639. The molecule has 17 heavy (non-hydrogen) atoms. The molecule has 0 amide bonds. The molecule has 1 aliphatic carbocycles. The van der Waals surface area contributed by atoms with Crippen LogP contribution in [0.1, 0.15) is 33.6 Å². The van der Waals surface area contributed by atoms with E-state index < -0.39 is 0 Å². The highest BCUT2D eigenvalue weighted by atomic mass is 32.1. The van der Waals surface area contributed by atoms with E-state index in [1.807, 2.05) is 0 Å². The number of ether oxygens (including phenoxy) is 1. The highest BCUT2D eigenvalue weighted by Crippen LogP contribution is 2.35. The Morgan fingerprint density at radius 1 is 1.29 bits per heavy atom. The van der Waals surface area contributed by atoms with Crippen molar-refractivity contribution in [2.75, 3.05) is 32.6 Å². The van der Waals surface area contributed by atoms with E-state index in [0.717, 1.165) is 24.8 Å². The van der Waals surface area contributed by atoms with Crippen LogP contribution in [0, 0.1) is 17.8 Å². The molecule has 1 fully saturated rings. The fourth-order valence-electron chi connectivity index (χ4n) is 2.33. The van der Waals surface area contributed by atoms with Crippen molar-refractivity contribution in [3.8, 4) is 0 Å². The molecule has 2 unspecified atom stereocenters. The largest absolute Gasteiger partial charge is 0.383 e. The fourth-order valence-corrected chi connectivity index (χ4v) is 2.86. The maximum absolute atomic E-state index is 5.24. The monoisotopic (exact) mass is 259 g/mol. The van der Waals surface area contributed by atoms with E-state index >= 15 is 0 Å². The van der Waals surface area contributed by atoms with E-state index in [4.69, 9.17) is 4.74 Å². The highest BCUT2D eigenvalue weighted by Gasteiger charge is 2.32. The Hall–Kier alpha value is 0.270. The molecule has 1 rings (SSSR count). The Kier molecular flexibility index (Phi) is 6.90. The number of hydrogen-bond acceptors (Lipinski definition) is 3. The van der Waals surface area contributed by atoms with Gasteiger partial charge >= 0.3 is 0 Å². The topological polar surface area (TPSA) is 12.5 Å². The minimum atomic E-state index is 0.691. The molecular formula is C14H29NOS. The van der Waals surface area contributed by atoms with Gasteiger partial charge in [-0.15, -0.1) is 0 Å². The molecule has 2 atom stereocenters. The molecule has 102 valence electrons. The predicted octanol–water partition coefficient (Wildman–Crippen LogP) is 2.94. The number of rotatable bonds is 9. The van der Waals surface area contributed by atoms with Crippen LogP contribution < -0.4 is 0 Å². The Morgan fingerprint density at radius 3 is 2.35 bits per heavy atom. The van der Waals surface area contributed by atoms with E-state index in [1.165, 1.54) is 19.4 Å². The molecule has 0 saturated heterocycles. The second-order valence-electron chi connectivity index (χ2n) is 5.75. The highest BCUT2D eigenvalue weighted by molar-refractivity contribution is 7.80. The van der Waals surface area contributed by atoms with Crippen LogP contribution in [-0.4, -0.2) is 43.5 Å². The summed E-state index contributed by atoms with van der Waals surface area (Å²) in [7, 11) is 1.79. The minimum Gasteiger partial charge on any atom is -0.383 e. The third kappa shape index (κ3) is 5.19. The van der Waals surface area contributed by atoms with Gasteiger partial charge in [-0.1, -0.05) is 13.8 Å². The lowest BCUT2D eigenvalue weighted by molar-refractivity contribution is 0.0990. The van der Waals surface area contributed by atoms with Crippen molar-refractivity contribution >= 4 is 12.6 Å². The summed E-state index contributed by atoms with van der Waals surface area (Å²) in [6, 6.07) is 0.714. The van der Waals surface area contributed by atoms with Crippen LogP contribution in [0.5, 0.6) is 0 Å². The van der Waals surface area contributed by atoms with Gasteiger partial charge in [0.1, 0.15) is 0 Å². The van der Waals surface area contributed by atoms with Gasteiger partial charge in [0.2, 0.25) is 0 Å². The molecule has 0 aliphatic heterocycles. The molecular weight excluding hydrogens is 230 g/mol. The van der Waals surface area contributed by atoms with Crippen molar-refractivity contribution in [3.05, 3.63) is 0 Å². The normalized spacial score (nSPS) is 19.9. The van der Waals surface area contributed by atoms with Crippen LogP contribution in [-0.2, 0) is 4.74 Å². The second-order valence-corrected chi connectivity index (χ2v) is 6.12. The third-order valence-corrected chi connectivity index (χ3v) is 4.58. The van der Waals surface area contributed by atoms with Crippen LogP contribution in [0.3, 0.4) is 0 Å². The van der Waals surface area contributed by atoms with Gasteiger partial charge in [-0.25, -0.2) is 0 Å². The van der Waals surface area contributed by atoms with Crippen molar-refractivity contribution in [3.63, 3.8) is 0 Å². The smallest absolute Gasteiger partial charge is 0.0589 e. The van der Waals surface area contributed by atoms with Crippen molar-refractivity contribution in [2.24, 2.45) is 17.8 Å². The van der Waals surface area contributed by atoms with E-state index in [1.54, 1.807) is 7.11 Å². The molecule has 0 bridgehead atoms. The zero-order valence-electron chi connectivity index (χ0n) is 11.9. The summed E-state index contributed by atoms with van der Waals surface area (Å²) in [6.07, 6.45) is 2.83. The standard InChI is InChI=1S/C14H29NOS/c1-11(2)14(10-17)9-15(7-8-16-4)12(3)13-5-6-13/h11-14,17H,5-10H2,1-4H3. The average Bonchev–Trinajstić information content (AvgIpc) is 3.12. The zero-order chi connectivity index (χ0) is 12.8. The van der Waals surface area contributed by atoms with Gasteiger partial charge in [-0.3, -0.25) is 4.90 Å². The maximum atomic E-state index is 5.24. The van der Waals surface area contributed by atoms with E-state index in [-0.39, 0.29) is 0 Å². The van der Waals surface area contributed by atoms with E-state index in [0.29, 0.717) is 17.9 Å². The van der Waals surface area contributed by atoms with Crippen LogP contribution in [0.4, 0.5) is 0 Å². The van der Waals surface area contributed by atoms with Gasteiger partial charge in [0.15, 0.2) is 0 Å². The van der Waals surface area contributed by atoms with Crippen molar-refractivity contribution in [1.82, 2.24) is 4.90 Å². The Morgan fingerprint density at radius 2 is 1.94 bits per heavy atom. The maximum Gasteiger partial charge on any atom is 0.0589 e. The number of thiol groups is 1. The van der Waals surface area contributed by atoms with Crippen LogP contribution in [0.15, 0.2) is 0 Å². The van der Waals surface area contributed by atoms with Crippen LogP contribution >= 0.6 is 12.6 Å². The fraction of sp³-hybridized carbons (Fsp3) is 1.00. The van der Waals surface area contributed by atoms with Gasteiger partial charge in [-0.2, -0.15) is 12.6 Å². The molecule has 0 aromatic rings. The van der Waals surface area contributed by atoms with E-state index in [9.17, 15) is 0 Å². The van der Waals surface area contributed by atoms with Crippen LogP contribution in [0.2, 0.25) is 0 Å². The predicted molar refractivity (Wildman–Crippen MR) is 77.8 cm³/mol. The Balaban J connectivity index is 2.48. The summed E-state index contributed by atoms with van der Waals surface area (Å²) in [6.45, 7) is 10.1. The molecule has 0 radical (unpaired) electrons. The molecule has 0 spiro atoms. The lowest BCUT2D eigenvalue weighted by atomic mass is 9.96. The summed E-state index contributed by atoms with van der Waals surface area (Å²) in [5, 5.41) is 0. The van der Waals surface area contributed by atoms with Gasteiger partial charge < -0.3 is 4.74 Å². The SMILES string of the molecule is COCCN(CC(CS)C(C)C)C(C)C1CC1. The first-order valence-corrected chi connectivity index (χ1v) is 7.57. The summed E-state index contributed by atoms with van der Waals surface area (Å²) in [4.78, 5) is 2.61. The summed E-state index contributed by atoms with van der Waals surface area (Å²) >= 11 is 4.50. The first-order chi connectivity index (χ1) is 8.10. The van der Waals surface area contributed by atoms with Gasteiger partial charge in [0.05, 0.1) is 6.61 Å². The number of hydrogen-bond donors (Lipinski definition) is 1. The molecule has 0 N–H and O–H groups in total. The van der Waals surface area contributed by atoms with Gasteiger partial charge in [0.25, 0.3) is 0 Å². The Bertz CT molecular complexity index is 206. The van der Waals surface area contributed by atoms with E-state index in [2.05, 4.69) is 38.3 Å². The van der Waals surface area contributed by atoms with Crippen molar-refractivity contribution < 1.29 is 4.74 Å². The molecule has 1 saturated carbocycles. The zero-order valence-corrected chi connectivity index (χ0v) is 12.7. The Labute approximate surface area is 113 Å². The molecule has 1 aliphatic rings. The van der Waals surface area contributed by atoms with Crippen molar-refractivity contribution in [2.45, 2.75) is 39.7 Å². The molecule has 0 aromatic carbocycles. The lowest BCUT2D eigenvalue weighted by Crippen LogP contribution is -2.42. The molecule has 3 heteroatoms. The van der Waals surface area contributed by atoms with Gasteiger partial charge in [0, 0.05) is 26.2 Å². The first kappa shape index (κ1) is 15.3. The number of methoxy groups -OCH3 is 1. The van der Waals surface area contributed by atoms with Gasteiger partial charge in [-0.05, 0) is 43.3 Å². The molecule has 2 nitrogen and oxygen atoms in total. The minimum absolute atomic E-state index is 0.691. The summed E-state index contributed by atoms with van der Waals surface area (Å²) < 4.78 is 5.24. The number of nitrogens with zero attached hydrogens (tertiary/aromatic N) is 1. The lowest BCUT2D eigenvalue weighted by Gasteiger charge is -2.33. The molecule has 0 heterocycles.